The van der Waals surface area contributed by atoms with Crippen molar-refractivity contribution < 1.29 is 13.2 Å². The summed E-state index contributed by atoms with van der Waals surface area (Å²) in [4.78, 5) is 0. The second-order valence-corrected chi connectivity index (χ2v) is 3.27. The number of hydrogen-bond donors (Lipinski definition) is 2. The second-order valence-electron chi connectivity index (χ2n) is 3.27. The standard InChI is InChI=1S/C9H8F3N3/c1-4-5(9(10,11)12)2-3-6-7(4)8(13)15-14-6/h2-3H,1H3,(H3,13,14,15). The number of benzene rings is 1. The van der Waals surface area contributed by atoms with Crippen LogP contribution in [0, 0.1) is 6.92 Å². The maximum absolute atomic E-state index is 12.5. The number of nitrogens with two attached hydrogens (primary N) is 1. The van der Waals surface area contributed by atoms with Crippen LogP contribution in [-0.2, 0) is 6.18 Å². The minimum Gasteiger partial charge on any atom is -0.382 e. The Labute approximate surface area is 83.1 Å². The van der Waals surface area contributed by atoms with Gasteiger partial charge >= 0.3 is 6.18 Å². The molecule has 0 fully saturated rings. The van der Waals surface area contributed by atoms with Gasteiger partial charge in [-0.3, -0.25) is 5.10 Å². The zero-order chi connectivity index (χ0) is 11.2. The predicted octanol–water partition coefficient (Wildman–Crippen LogP) is 2.47. The van der Waals surface area contributed by atoms with E-state index in [0.29, 0.717) is 10.9 Å². The van der Waals surface area contributed by atoms with Gasteiger partial charge in [0.1, 0.15) is 0 Å². The van der Waals surface area contributed by atoms with E-state index in [4.69, 9.17) is 5.73 Å². The fourth-order valence-electron chi connectivity index (χ4n) is 1.62. The molecule has 2 aromatic rings. The molecule has 0 radical (unpaired) electrons. The molecule has 2 rings (SSSR count). The third kappa shape index (κ3) is 1.42. The van der Waals surface area contributed by atoms with Crippen molar-refractivity contribution in [3.8, 4) is 0 Å². The maximum Gasteiger partial charge on any atom is 0.416 e. The number of halogens is 3. The molecule has 0 aliphatic heterocycles. The Hall–Kier alpha value is -1.72. The fourth-order valence-corrected chi connectivity index (χ4v) is 1.62. The van der Waals surface area contributed by atoms with Crippen LogP contribution in [0.1, 0.15) is 11.1 Å². The summed E-state index contributed by atoms with van der Waals surface area (Å²) in [5.41, 5.74) is 5.42. The van der Waals surface area contributed by atoms with E-state index in [1.807, 2.05) is 0 Å². The third-order valence-electron chi connectivity index (χ3n) is 2.32. The fraction of sp³-hybridized carbons (Fsp3) is 0.222. The van der Waals surface area contributed by atoms with Crippen molar-refractivity contribution in [1.29, 1.82) is 0 Å². The summed E-state index contributed by atoms with van der Waals surface area (Å²) < 4.78 is 37.6. The molecule has 0 aliphatic carbocycles. The quantitative estimate of drug-likeness (QED) is 0.709. The van der Waals surface area contributed by atoms with E-state index in [1.165, 1.54) is 13.0 Å². The lowest BCUT2D eigenvalue weighted by atomic mass is 10.0. The molecule has 0 amide bonds. The highest BCUT2D eigenvalue weighted by molar-refractivity contribution is 5.92. The molecule has 3 nitrogen and oxygen atoms in total. The van der Waals surface area contributed by atoms with Crippen molar-refractivity contribution in [2.24, 2.45) is 0 Å². The zero-order valence-corrected chi connectivity index (χ0v) is 7.81. The van der Waals surface area contributed by atoms with Gasteiger partial charge in [-0.1, -0.05) is 0 Å². The number of aromatic nitrogens is 2. The summed E-state index contributed by atoms with van der Waals surface area (Å²) in [6, 6.07) is 2.35. The van der Waals surface area contributed by atoms with E-state index >= 15 is 0 Å². The van der Waals surface area contributed by atoms with Crippen molar-refractivity contribution in [2.75, 3.05) is 5.73 Å². The topological polar surface area (TPSA) is 54.7 Å². The lowest BCUT2D eigenvalue weighted by Gasteiger charge is -2.10. The van der Waals surface area contributed by atoms with Gasteiger partial charge in [0, 0.05) is 5.39 Å². The SMILES string of the molecule is Cc1c(C(F)(F)F)ccc2[nH]nc(N)c12. The van der Waals surface area contributed by atoms with Crippen LogP contribution in [-0.4, -0.2) is 10.2 Å². The zero-order valence-electron chi connectivity index (χ0n) is 7.81. The lowest BCUT2D eigenvalue weighted by molar-refractivity contribution is -0.137. The molecule has 3 N–H and O–H groups in total. The second kappa shape index (κ2) is 2.88. The number of anilines is 1. The first-order valence-corrected chi connectivity index (χ1v) is 4.21. The summed E-state index contributed by atoms with van der Waals surface area (Å²) in [6.45, 7) is 1.39. The lowest BCUT2D eigenvalue weighted by Crippen LogP contribution is -2.07. The highest BCUT2D eigenvalue weighted by atomic mass is 19.4. The molecule has 0 atom stereocenters. The van der Waals surface area contributed by atoms with Gasteiger partial charge in [-0.05, 0) is 24.6 Å². The van der Waals surface area contributed by atoms with Gasteiger partial charge in [-0.25, -0.2) is 0 Å². The summed E-state index contributed by atoms with van der Waals surface area (Å²) in [5, 5.41) is 6.57. The van der Waals surface area contributed by atoms with Crippen LogP contribution < -0.4 is 5.73 Å². The molecular weight excluding hydrogens is 207 g/mol. The molecule has 0 spiro atoms. The van der Waals surface area contributed by atoms with Crippen LogP contribution >= 0.6 is 0 Å². The molecule has 80 valence electrons. The number of fused-ring (bicyclic) bond motifs is 1. The largest absolute Gasteiger partial charge is 0.416 e. The number of alkyl halides is 3. The summed E-state index contributed by atoms with van der Waals surface area (Å²) >= 11 is 0. The summed E-state index contributed by atoms with van der Waals surface area (Å²) in [5.74, 6) is 0.0913. The average molecular weight is 215 g/mol. The molecule has 15 heavy (non-hydrogen) atoms. The molecule has 1 aromatic carbocycles. The van der Waals surface area contributed by atoms with E-state index in [0.717, 1.165) is 6.07 Å². The van der Waals surface area contributed by atoms with Crippen molar-refractivity contribution in [1.82, 2.24) is 10.2 Å². The number of aryl methyl sites for hydroxylation is 1. The van der Waals surface area contributed by atoms with Gasteiger partial charge in [0.2, 0.25) is 0 Å². The Morgan fingerprint density at radius 1 is 1.33 bits per heavy atom. The minimum atomic E-state index is -4.36. The van der Waals surface area contributed by atoms with Crippen molar-refractivity contribution >= 4 is 16.7 Å². The number of nitrogen functional groups attached to an aromatic ring is 1. The summed E-state index contributed by atoms with van der Waals surface area (Å²) in [7, 11) is 0. The van der Waals surface area contributed by atoms with Crippen molar-refractivity contribution in [2.45, 2.75) is 13.1 Å². The number of hydrogen-bond acceptors (Lipinski definition) is 2. The molecule has 1 aromatic heterocycles. The van der Waals surface area contributed by atoms with Gasteiger partial charge in [0.15, 0.2) is 5.82 Å². The predicted molar refractivity (Wildman–Crippen MR) is 50.2 cm³/mol. The van der Waals surface area contributed by atoms with E-state index in [-0.39, 0.29) is 11.4 Å². The Kier molecular flexibility index (Phi) is 1.89. The number of nitrogens with one attached hydrogen (secondary N) is 1. The highest BCUT2D eigenvalue weighted by Crippen LogP contribution is 2.35. The minimum absolute atomic E-state index is 0.0913. The first-order chi connectivity index (χ1) is 6.91. The third-order valence-corrected chi connectivity index (χ3v) is 2.32. The molecule has 0 unspecified atom stereocenters. The van der Waals surface area contributed by atoms with Gasteiger partial charge < -0.3 is 5.73 Å². The molecule has 0 bridgehead atoms. The Morgan fingerprint density at radius 3 is 2.60 bits per heavy atom. The number of H-pyrrole nitrogens is 1. The normalized spacial score (nSPS) is 12.3. The molecule has 0 saturated carbocycles. The van der Waals surface area contributed by atoms with Crippen LogP contribution in [0.5, 0.6) is 0 Å². The van der Waals surface area contributed by atoms with Gasteiger partial charge in [-0.15, -0.1) is 0 Å². The van der Waals surface area contributed by atoms with Crippen LogP contribution in [0.3, 0.4) is 0 Å². The Morgan fingerprint density at radius 2 is 2.00 bits per heavy atom. The first-order valence-electron chi connectivity index (χ1n) is 4.21. The van der Waals surface area contributed by atoms with E-state index in [9.17, 15) is 13.2 Å². The Bertz CT molecular complexity index is 513. The smallest absolute Gasteiger partial charge is 0.382 e. The Balaban J connectivity index is 2.80. The van der Waals surface area contributed by atoms with Gasteiger partial charge in [0.25, 0.3) is 0 Å². The van der Waals surface area contributed by atoms with Crippen LogP contribution in [0.2, 0.25) is 0 Å². The average Bonchev–Trinajstić information content (AvgIpc) is 2.46. The van der Waals surface area contributed by atoms with Gasteiger partial charge in [-0.2, -0.15) is 18.3 Å². The molecule has 0 saturated heterocycles. The molecular formula is C9H8F3N3. The number of rotatable bonds is 0. The maximum atomic E-state index is 12.5. The van der Waals surface area contributed by atoms with Crippen LogP contribution in [0.25, 0.3) is 10.9 Å². The van der Waals surface area contributed by atoms with Gasteiger partial charge in [0.05, 0.1) is 11.1 Å². The number of nitrogens with zero attached hydrogens (tertiary/aromatic N) is 1. The monoisotopic (exact) mass is 215 g/mol. The van der Waals surface area contributed by atoms with Crippen LogP contribution in [0.15, 0.2) is 12.1 Å². The molecule has 6 heteroatoms. The van der Waals surface area contributed by atoms with Crippen molar-refractivity contribution in [3.05, 3.63) is 23.3 Å². The summed E-state index contributed by atoms with van der Waals surface area (Å²) in [6.07, 6.45) is -4.36. The van der Waals surface area contributed by atoms with Crippen LogP contribution in [0.4, 0.5) is 19.0 Å². The van der Waals surface area contributed by atoms with E-state index in [2.05, 4.69) is 10.2 Å². The molecule has 0 aliphatic rings. The number of aromatic amines is 1. The molecule has 1 heterocycles. The van der Waals surface area contributed by atoms with E-state index in [1.54, 1.807) is 0 Å². The first kappa shape index (κ1) is 9.82. The van der Waals surface area contributed by atoms with Crippen molar-refractivity contribution in [3.63, 3.8) is 0 Å². The van der Waals surface area contributed by atoms with E-state index < -0.39 is 11.7 Å². The highest BCUT2D eigenvalue weighted by Gasteiger charge is 2.33.